The summed E-state index contributed by atoms with van der Waals surface area (Å²) in [5, 5.41) is 10.9. The maximum Gasteiger partial charge on any atom is 0.312 e. The standard InChI is InChI=1S/C9H9ClN2O3/c1-5-2-3-11-9(10)8(5)12-6(13)4-7(14)15/h2-3H,4H2,1H3,(H,12,13)(H,14,15). The second-order valence-corrected chi connectivity index (χ2v) is 3.27. The Balaban J connectivity index is 2.80. The van der Waals surface area contributed by atoms with Crippen LogP contribution < -0.4 is 5.32 Å². The van der Waals surface area contributed by atoms with Gasteiger partial charge in [-0.15, -0.1) is 0 Å². The highest BCUT2D eigenvalue weighted by Crippen LogP contribution is 2.22. The number of nitrogens with one attached hydrogen (secondary N) is 1. The first-order chi connectivity index (χ1) is 7.00. The summed E-state index contributed by atoms with van der Waals surface area (Å²) in [6.45, 7) is 1.74. The van der Waals surface area contributed by atoms with Crippen molar-refractivity contribution in [2.45, 2.75) is 13.3 Å². The van der Waals surface area contributed by atoms with Gasteiger partial charge in [-0.25, -0.2) is 4.98 Å². The minimum atomic E-state index is -1.19. The molecule has 0 aromatic carbocycles. The van der Waals surface area contributed by atoms with Crippen LogP contribution in [0.4, 0.5) is 5.69 Å². The van der Waals surface area contributed by atoms with Crippen LogP contribution in [0.3, 0.4) is 0 Å². The first kappa shape index (κ1) is 11.5. The van der Waals surface area contributed by atoms with Crippen molar-refractivity contribution in [2.75, 3.05) is 5.32 Å². The third-order valence-corrected chi connectivity index (χ3v) is 1.98. The molecule has 1 rings (SSSR count). The topological polar surface area (TPSA) is 79.3 Å². The van der Waals surface area contributed by atoms with Crippen LogP contribution in [0.25, 0.3) is 0 Å². The van der Waals surface area contributed by atoms with Crippen molar-refractivity contribution in [3.05, 3.63) is 23.0 Å². The summed E-state index contributed by atoms with van der Waals surface area (Å²) < 4.78 is 0. The van der Waals surface area contributed by atoms with E-state index in [2.05, 4.69) is 10.3 Å². The number of carboxylic acids is 1. The molecule has 0 spiro atoms. The molecule has 0 aliphatic rings. The Morgan fingerprint density at radius 3 is 2.80 bits per heavy atom. The molecule has 1 aromatic rings. The van der Waals surface area contributed by atoms with Crippen molar-refractivity contribution < 1.29 is 14.7 Å². The molecule has 1 heterocycles. The van der Waals surface area contributed by atoms with Crippen LogP contribution in [0.2, 0.25) is 5.15 Å². The molecule has 80 valence electrons. The van der Waals surface area contributed by atoms with Gasteiger partial charge in [-0.05, 0) is 18.6 Å². The number of pyridine rings is 1. The summed E-state index contributed by atoms with van der Waals surface area (Å²) >= 11 is 5.74. The number of aliphatic carboxylic acids is 1. The van der Waals surface area contributed by atoms with E-state index in [1.54, 1.807) is 13.0 Å². The number of aromatic nitrogens is 1. The molecule has 1 aromatic heterocycles. The van der Waals surface area contributed by atoms with E-state index < -0.39 is 18.3 Å². The van der Waals surface area contributed by atoms with Crippen LogP contribution in [0.15, 0.2) is 12.3 Å². The van der Waals surface area contributed by atoms with Crippen LogP contribution in [-0.2, 0) is 9.59 Å². The number of aryl methyl sites for hydroxylation is 1. The van der Waals surface area contributed by atoms with Gasteiger partial charge in [0.15, 0.2) is 5.15 Å². The zero-order valence-corrected chi connectivity index (χ0v) is 8.71. The Kier molecular flexibility index (Phi) is 3.62. The molecule has 0 aliphatic carbocycles. The average Bonchev–Trinajstić information content (AvgIpc) is 2.10. The molecule has 1 amide bonds. The van der Waals surface area contributed by atoms with Crippen molar-refractivity contribution in [3.8, 4) is 0 Å². The fourth-order valence-electron chi connectivity index (χ4n) is 0.996. The van der Waals surface area contributed by atoms with E-state index in [0.29, 0.717) is 5.69 Å². The molecular weight excluding hydrogens is 220 g/mol. The zero-order chi connectivity index (χ0) is 11.4. The minimum absolute atomic E-state index is 0.147. The number of carbonyl (C=O) groups is 2. The Morgan fingerprint density at radius 1 is 1.60 bits per heavy atom. The van der Waals surface area contributed by atoms with Crippen molar-refractivity contribution in [2.24, 2.45) is 0 Å². The number of carbonyl (C=O) groups excluding carboxylic acids is 1. The van der Waals surface area contributed by atoms with Gasteiger partial charge in [-0.2, -0.15) is 0 Å². The average molecular weight is 229 g/mol. The van der Waals surface area contributed by atoms with E-state index in [4.69, 9.17) is 16.7 Å². The molecule has 0 atom stereocenters. The highest BCUT2D eigenvalue weighted by atomic mass is 35.5. The molecule has 2 N–H and O–H groups in total. The van der Waals surface area contributed by atoms with Crippen molar-refractivity contribution in [1.82, 2.24) is 4.98 Å². The lowest BCUT2D eigenvalue weighted by Gasteiger charge is -2.07. The molecule has 0 unspecified atom stereocenters. The molecule has 6 heteroatoms. The molecule has 15 heavy (non-hydrogen) atoms. The van der Waals surface area contributed by atoms with Gasteiger partial charge in [-0.3, -0.25) is 9.59 Å². The largest absolute Gasteiger partial charge is 0.481 e. The number of nitrogens with zero attached hydrogens (tertiary/aromatic N) is 1. The van der Waals surface area contributed by atoms with Crippen molar-refractivity contribution in [3.63, 3.8) is 0 Å². The molecule has 5 nitrogen and oxygen atoms in total. The van der Waals surface area contributed by atoms with Gasteiger partial charge in [0.1, 0.15) is 6.42 Å². The number of halogens is 1. The summed E-state index contributed by atoms with van der Waals surface area (Å²) in [5.74, 6) is -1.81. The Hall–Kier alpha value is -1.62. The molecule has 0 aliphatic heterocycles. The second kappa shape index (κ2) is 4.75. The smallest absolute Gasteiger partial charge is 0.312 e. The maximum absolute atomic E-state index is 11.1. The van der Waals surface area contributed by atoms with Gasteiger partial charge in [0, 0.05) is 6.20 Å². The van der Waals surface area contributed by atoms with E-state index in [1.165, 1.54) is 6.20 Å². The van der Waals surface area contributed by atoms with Crippen LogP contribution >= 0.6 is 11.6 Å². The van der Waals surface area contributed by atoms with E-state index in [-0.39, 0.29) is 5.15 Å². The van der Waals surface area contributed by atoms with Crippen LogP contribution in [0, 0.1) is 6.92 Å². The van der Waals surface area contributed by atoms with E-state index >= 15 is 0 Å². The molecule has 0 radical (unpaired) electrons. The molecular formula is C9H9ClN2O3. The molecule has 0 saturated heterocycles. The number of anilines is 1. The van der Waals surface area contributed by atoms with Gasteiger partial charge in [0.2, 0.25) is 5.91 Å². The van der Waals surface area contributed by atoms with Crippen LogP contribution in [0.1, 0.15) is 12.0 Å². The Labute approximate surface area is 91.1 Å². The summed E-state index contributed by atoms with van der Waals surface area (Å²) in [5.41, 5.74) is 1.08. The highest BCUT2D eigenvalue weighted by molar-refractivity contribution is 6.32. The molecule has 0 bridgehead atoms. The van der Waals surface area contributed by atoms with Crippen molar-refractivity contribution in [1.29, 1.82) is 0 Å². The van der Waals surface area contributed by atoms with Gasteiger partial charge in [-0.1, -0.05) is 11.6 Å². The summed E-state index contributed by atoms with van der Waals surface area (Å²) in [7, 11) is 0. The third kappa shape index (κ3) is 3.21. The fourth-order valence-corrected chi connectivity index (χ4v) is 1.25. The van der Waals surface area contributed by atoms with Crippen LogP contribution in [0.5, 0.6) is 0 Å². The van der Waals surface area contributed by atoms with Crippen molar-refractivity contribution >= 4 is 29.2 Å². The first-order valence-corrected chi connectivity index (χ1v) is 4.51. The molecule has 0 fully saturated rings. The zero-order valence-electron chi connectivity index (χ0n) is 7.95. The van der Waals surface area contributed by atoms with E-state index in [9.17, 15) is 9.59 Å². The fraction of sp³-hybridized carbons (Fsp3) is 0.222. The third-order valence-electron chi connectivity index (χ3n) is 1.69. The van der Waals surface area contributed by atoms with E-state index in [0.717, 1.165) is 5.56 Å². The predicted molar refractivity (Wildman–Crippen MR) is 54.9 cm³/mol. The highest BCUT2D eigenvalue weighted by Gasteiger charge is 2.11. The lowest BCUT2D eigenvalue weighted by Crippen LogP contribution is -2.17. The van der Waals surface area contributed by atoms with Gasteiger partial charge in [0.25, 0.3) is 0 Å². The van der Waals surface area contributed by atoms with Gasteiger partial charge in [0.05, 0.1) is 5.69 Å². The summed E-state index contributed by atoms with van der Waals surface area (Å²) in [6, 6.07) is 1.67. The van der Waals surface area contributed by atoms with Gasteiger partial charge >= 0.3 is 5.97 Å². The van der Waals surface area contributed by atoms with Gasteiger partial charge < -0.3 is 10.4 Å². The summed E-state index contributed by atoms with van der Waals surface area (Å²) in [4.78, 5) is 25.2. The Bertz CT molecular complexity index is 386. The number of carboxylic acid groups (broad SMARTS) is 1. The first-order valence-electron chi connectivity index (χ1n) is 4.13. The summed E-state index contributed by atoms with van der Waals surface area (Å²) in [6.07, 6.45) is 0.912. The number of amides is 1. The lowest BCUT2D eigenvalue weighted by molar-refractivity contribution is -0.139. The van der Waals surface area contributed by atoms with E-state index in [1.807, 2.05) is 0 Å². The number of rotatable bonds is 3. The second-order valence-electron chi connectivity index (χ2n) is 2.91. The normalized spacial score (nSPS) is 9.73. The number of hydrogen-bond donors (Lipinski definition) is 2. The quantitative estimate of drug-likeness (QED) is 0.606. The molecule has 0 saturated carbocycles. The lowest BCUT2D eigenvalue weighted by atomic mass is 10.2. The Morgan fingerprint density at radius 2 is 2.27 bits per heavy atom. The minimum Gasteiger partial charge on any atom is -0.481 e. The predicted octanol–water partition coefficient (Wildman–Crippen LogP) is 1.46. The number of hydrogen-bond acceptors (Lipinski definition) is 3. The monoisotopic (exact) mass is 228 g/mol. The SMILES string of the molecule is Cc1ccnc(Cl)c1NC(=O)CC(=O)O. The maximum atomic E-state index is 11.1. The van der Waals surface area contributed by atoms with Crippen LogP contribution in [-0.4, -0.2) is 22.0 Å².